The van der Waals surface area contributed by atoms with Crippen molar-refractivity contribution in [2.45, 2.75) is 25.0 Å². The zero-order valence-corrected chi connectivity index (χ0v) is 9.74. The van der Waals surface area contributed by atoms with Crippen LogP contribution >= 0.6 is 0 Å². The van der Waals surface area contributed by atoms with Crippen LogP contribution < -0.4 is 5.32 Å². The Balaban J connectivity index is 2.12. The molecule has 2 aliphatic heterocycles. The van der Waals surface area contributed by atoms with Crippen molar-refractivity contribution in [1.29, 1.82) is 0 Å². The van der Waals surface area contributed by atoms with Crippen molar-refractivity contribution in [2.24, 2.45) is 0 Å². The molecule has 0 radical (unpaired) electrons. The number of piperidine rings is 1. The monoisotopic (exact) mass is 221 g/mol. The molecule has 0 unspecified atom stereocenters. The van der Waals surface area contributed by atoms with E-state index in [2.05, 4.69) is 11.9 Å². The minimum absolute atomic E-state index is 0.101. The number of hydrogen-bond acceptors (Lipinski definition) is 3. The first-order valence-corrected chi connectivity index (χ1v) is 5.74. The summed E-state index contributed by atoms with van der Waals surface area (Å²) in [5.74, 6) is 0. The minimum atomic E-state index is -0.302. The van der Waals surface area contributed by atoms with E-state index in [0.717, 1.165) is 25.1 Å². The van der Waals surface area contributed by atoms with E-state index < -0.39 is 0 Å². The average Bonchev–Trinajstić information content (AvgIpc) is 2.74. The minimum Gasteiger partial charge on any atom is -0.347 e. The second kappa shape index (κ2) is 4.95. The maximum absolute atomic E-state index is 5.80. The number of nitrogens with one attached hydrogen (secondary N) is 1. The van der Waals surface area contributed by atoms with Crippen LogP contribution in [0.1, 0.15) is 13.3 Å². The van der Waals surface area contributed by atoms with Gasteiger partial charge in [-0.15, -0.1) is 0 Å². The van der Waals surface area contributed by atoms with Gasteiger partial charge in [0.25, 0.3) is 0 Å². The van der Waals surface area contributed by atoms with Crippen LogP contribution in [-0.4, -0.2) is 31.6 Å². The molecule has 0 bridgehead atoms. The van der Waals surface area contributed by atoms with E-state index in [1.165, 1.54) is 0 Å². The molecule has 0 aromatic rings. The molecular weight excluding hydrogens is 202 g/mol. The first-order valence-electron chi connectivity index (χ1n) is 5.74. The maximum atomic E-state index is 5.80. The van der Waals surface area contributed by atoms with Gasteiger partial charge in [0, 0.05) is 6.54 Å². The van der Waals surface area contributed by atoms with Crippen molar-refractivity contribution in [2.75, 3.05) is 19.9 Å². The summed E-state index contributed by atoms with van der Waals surface area (Å²) in [4.78, 5) is 0. The molecule has 0 aromatic carbocycles. The second-order valence-electron chi connectivity index (χ2n) is 4.17. The highest BCUT2D eigenvalue weighted by Gasteiger charge is 2.48. The van der Waals surface area contributed by atoms with Crippen LogP contribution in [0.15, 0.2) is 36.5 Å². The molecule has 2 aliphatic rings. The van der Waals surface area contributed by atoms with Gasteiger partial charge < -0.3 is 14.8 Å². The lowest BCUT2D eigenvalue weighted by molar-refractivity contribution is 0.00738. The molecular formula is C13H19NO2. The third kappa shape index (κ3) is 1.98. The van der Waals surface area contributed by atoms with Crippen LogP contribution in [0.25, 0.3) is 0 Å². The van der Waals surface area contributed by atoms with Crippen LogP contribution in [0.4, 0.5) is 0 Å². The standard InChI is InChI=1S/C13H19NO2/c1-3-4-5-6-11(2)13-7-8-14-9-12(13)15-10-16-13/h3-6,12,14H,2,7-10H2,1H3/b4-3-,6-5-/t12-,13-/m1/s1. The summed E-state index contributed by atoms with van der Waals surface area (Å²) in [7, 11) is 0. The zero-order chi connectivity index (χ0) is 11.4. The largest absolute Gasteiger partial charge is 0.347 e. The van der Waals surface area contributed by atoms with E-state index in [1.54, 1.807) is 0 Å². The number of hydrogen-bond donors (Lipinski definition) is 1. The van der Waals surface area contributed by atoms with Crippen LogP contribution in [0.5, 0.6) is 0 Å². The molecule has 3 heteroatoms. The van der Waals surface area contributed by atoms with E-state index in [4.69, 9.17) is 9.47 Å². The molecule has 2 fully saturated rings. The zero-order valence-electron chi connectivity index (χ0n) is 9.74. The Morgan fingerprint density at radius 3 is 3.19 bits per heavy atom. The summed E-state index contributed by atoms with van der Waals surface area (Å²) in [5.41, 5.74) is 0.707. The number of rotatable bonds is 3. The van der Waals surface area contributed by atoms with Gasteiger partial charge in [-0.25, -0.2) is 0 Å². The lowest BCUT2D eigenvalue weighted by Crippen LogP contribution is -2.52. The molecule has 0 amide bonds. The summed E-state index contributed by atoms with van der Waals surface area (Å²) in [5, 5.41) is 3.32. The Kier molecular flexibility index (Phi) is 3.59. The van der Waals surface area contributed by atoms with Gasteiger partial charge in [-0.05, 0) is 25.5 Å². The summed E-state index contributed by atoms with van der Waals surface area (Å²) < 4.78 is 11.4. The molecule has 2 atom stereocenters. The molecule has 2 saturated heterocycles. The third-order valence-electron chi connectivity index (χ3n) is 3.25. The smallest absolute Gasteiger partial charge is 0.148 e. The van der Waals surface area contributed by atoms with Crippen LogP contribution in [0.2, 0.25) is 0 Å². The van der Waals surface area contributed by atoms with Gasteiger partial charge in [0.1, 0.15) is 18.5 Å². The molecule has 1 N–H and O–H groups in total. The fourth-order valence-electron chi connectivity index (χ4n) is 2.30. The van der Waals surface area contributed by atoms with Gasteiger partial charge in [0.2, 0.25) is 0 Å². The van der Waals surface area contributed by atoms with E-state index in [0.29, 0.717) is 6.79 Å². The van der Waals surface area contributed by atoms with E-state index in [1.807, 2.05) is 31.2 Å². The third-order valence-corrected chi connectivity index (χ3v) is 3.25. The highest BCUT2D eigenvalue weighted by molar-refractivity contribution is 5.32. The Morgan fingerprint density at radius 2 is 2.38 bits per heavy atom. The SMILES string of the molecule is C=C(/C=C\C=C/C)[C@]12CCNC[C@H]1OCO2. The van der Waals surface area contributed by atoms with E-state index in [-0.39, 0.29) is 11.7 Å². The number of allylic oxidation sites excluding steroid dienone is 3. The molecule has 88 valence electrons. The summed E-state index contributed by atoms with van der Waals surface area (Å²) in [6.45, 7) is 8.30. The van der Waals surface area contributed by atoms with Gasteiger partial charge in [-0.1, -0.05) is 30.9 Å². The molecule has 0 saturated carbocycles. The fourth-order valence-corrected chi connectivity index (χ4v) is 2.30. The summed E-state index contributed by atoms with van der Waals surface area (Å²) in [6.07, 6.45) is 9.03. The first kappa shape index (κ1) is 11.6. The summed E-state index contributed by atoms with van der Waals surface area (Å²) in [6, 6.07) is 0. The van der Waals surface area contributed by atoms with Gasteiger partial charge >= 0.3 is 0 Å². The Labute approximate surface area is 96.8 Å². The second-order valence-corrected chi connectivity index (χ2v) is 4.17. The summed E-state index contributed by atoms with van der Waals surface area (Å²) >= 11 is 0. The maximum Gasteiger partial charge on any atom is 0.148 e. The molecule has 0 aromatic heterocycles. The predicted molar refractivity (Wildman–Crippen MR) is 64.1 cm³/mol. The predicted octanol–water partition coefficient (Wildman–Crippen LogP) is 1.78. The molecule has 2 rings (SSSR count). The first-order chi connectivity index (χ1) is 7.79. The van der Waals surface area contributed by atoms with Gasteiger partial charge in [0.15, 0.2) is 0 Å². The number of fused-ring (bicyclic) bond motifs is 1. The van der Waals surface area contributed by atoms with Crippen molar-refractivity contribution in [3.63, 3.8) is 0 Å². The Morgan fingerprint density at radius 1 is 1.50 bits per heavy atom. The fraction of sp³-hybridized carbons (Fsp3) is 0.538. The lowest BCUT2D eigenvalue weighted by atomic mass is 9.83. The molecule has 0 aliphatic carbocycles. The quantitative estimate of drug-likeness (QED) is 0.737. The van der Waals surface area contributed by atoms with Crippen molar-refractivity contribution >= 4 is 0 Å². The van der Waals surface area contributed by atoms with Gasteiger partial charge in [-0.3, -0.25) is 0 Å². The van der Waals surface area contributed by atoms with Crippen molar-refractivity contribution in [1.82, 2.24) is 5.32 Å². The van der Waals surface area contributed by atoms with Crippen LogP contribution in [0.3, 0.4) is 0 Å². The van der Waals surface area contributed by atoms with Gasteiger partial charge in [0.05, 0.1) is 0 Å². The van der Waals surface area contributed by atoms with Crippen LogP contribution in [-0.2, 0) is 9.47 Å². The highest BCUT2D eigenvalue weighted by atomic mass is 16.7. The van der Waals surface area contributed by atoms with E-state index in [9.17, 15) is 0 Å². The molecule has 2 heterocycles. The van der Waals surface area contributed by atoms with Gasteiger partial charge in [-0.2, -0.15) is 0 Å². The average molecular weight is 221 g/mol. The molecule has 3 nitrogen and oxygen atoms in total. The number of ether oxygens (including phenoxy) is 2. The van der Waals surface area contributed by atoms with E-state index >= 15 is 0 Å². The molecule has 16 heavy (non-hydrogen) atoms. The highest BCUT2D eigenvalue weighted by Crippen LogP contribution is 2.37. The Bertz CT molecular complexity index is 322. The molecule has 0 spiro atoms. The van der Waals surface area contributed by atoms with Crippen molar-refractivity contribution in [3.8, 4) is 0 Å². The Hall–Kier alpha value is -0.900. The van der Waals surface area contributed by atoms with Crippen molar-refractivity contribution in [3.05, 3.63) is 36.5 Å². The van der Waals surface area contributed by atoms with Crippen LogP contribution in [0, 0.1) is 0 Å². The lowest BCUT2D eigenvalue weighted by Gasteiger charge is -2.37. The topological polar surface area (TPSA) is 30.5 Å². The normalized spacial score (nSPS) is 34.7. The van der Waals surface area contributed by atoms with Crippen molar-refractivity contribution < 1.29 is 9.47 Å².